The molecule has 4 bridgehead atoms. The van der Waals surface area contributed by atoms with E-state index >= 15 is 0 Å². The Bertz CT molecular complexity index is 634. The van der Waals surface area contributed by atoms with Crippen LogP contribution in [0.3, 0.4) is 0 Å². The van der Waals surface area contributed by atoms with Gasteiger partial charge in [0.05, 0.1) is 6.10 Å². The molecule has 2 saturated carbocycles. The van der Waals surface area contributed by atoms with Crippen molar-refractivity contribution >= 4 is 6.03 Å². The molecular weight excluding hydrogens is 338 g/mol. The molecule has 1 aromatic carbocycles. The Morgan fingerprint density at radius 2 is 1.78 bits per heavy atom. The molecule has 2 aliphatic carbocycles. The summed E-state index contributed by atoms with van der Waals surface area (Å²) < 4.78 is 6.27. The van der Waals surface area contributed by atoms with E-state index in [9.17, 15) is 4.79 Å². The zero-order valence-electron chi connectivity index (χ0n) is 16.0. The van der Waals surface area contributed by atoms with Crippen molar-refractivity contribution in [2.75, 3.05) is 13.1 Å². The lowest BCUT2D eigenvalue weighted by Crippen LogP contribution is -2.65. The summed E-state index contributed by atoms with van der Waals surface area (Å²) in [6.07, 6.45) is 8.14. The van der Waals surface area contributed by atoms with E-state index in [0.717, 1.165) is 57.2 Å². The standard InChI is InChI=1S/C22H31N3O2/c26-21(24-22-13-17-10-18(14-22)12-20(11-17)27-22)23-19-6-8-25(9-7-19)15-16-4-2-1-3-5-16/h1-5,17-20H,6-15H2,(H2,23,24,26). The lowest BCUT2D eigenvalue weighted by Gasteiger charge is -2.56. The van der Waals surface area contributed by atoms with Crippen LogP contribution in [0.2, 0.25) is 0 Å². The molecule has 5 heteroatoms. The summed E-state index contributed by atoms with van der Waals surface area (Å²) in [5.41, 5.74) is 0.980. The van der Waals surface area contributed by atoms with Crippen LogP contribution in [0.25, 0.3) is 0 Å². The second-order valence-corrected chi connectivity index (χ2v) is 9.22. The summed E-state index contributed by atoms with van der Waals surface area (Å²) in [5.74, 6) is 1.50. The maximum Gasteiger partial charge on any atom is 0.317 e. The van der Waals surface area contributed by atoms with Gasteiger partial charge in [0, 0.05) is 25.7 Å². The number of piperidine rings is 1. The van der Waals surface area contributed by atoms with E-state index in [1.165, 1.54) is 24.8 Å². The first-order valence-electron chi connectivity index (χ1n) is 10.7. The smallest absolute Gasteiger partial charge is 0.317 e. The molecule has 2 N–H and O–H groups in total. The third kappa shape index (κ3) is 3.85. The van der Waals surface area contributed by atoms with Crippen LogP contribution >= 0.6 is 0 Å². The van der Waals surface area contributed by atoms with Crippen LogP contribution in [0.5, 0.6) is 0 Å². The normalized spacial score (nSPS) is 35.9. The highest BCUT2D eigenvalue weighted by molar-refractivity contribution is 5.75. The number of carbonyl (C=O) groups excluding carboxylic acids is 1. The van der Waals surface area contributed by atoms with Crippen molar-refractivity contribution in [2.24, 2.45) is 11.8 Å². The van der Waals surface area contributed by atoms with Crippen molar-refractivity contribution < 1.29 is 9.53 Å². The van der Waals surface area contributed by atoms with Gasteiger partial charge in [-0.05, 0) is 62.3 Å². The molecule has 146 valence electrons. The lowest BCUT2D eigenvalue weighted by molar-refractivity contribution is -0.228. The first kappa shape index (κ1) is 17.5. The number of nitrogens with one attached hydrogen (secondary N) is 2. The average Bonchev–Trinajstić information content (AvgIpc) is 2.62. The number of ether oxygens (including phenoxy) is 1. The van der Waals surface area contributed by atoms with E-state index in [-0.39, 0.29) is 17.8 Å². The highest BCUT2D eigenvalue weighted by Crippen LogP contribution is 2.51. The van der Waals surface area contributed by atoms with Gasteiger partial charge in [0.25, 0.3) is 0 Å². The van der Waals surface area contributed by atoms with Crippen molar-refractivity contribution in [3.05, 3.63) is 35.9 Å². The molecule has 3 saturated heterocycles. The Kier molecular flexibility index (Phi) is 4.60. The molecule has 5 fully saturated rings. The van der Waals surface area contributed by atoms with Crippen LogP contribution in [0.15, 0.2) is 30.3 Å². The van der Waals surface area contributed by atoms with Gasteiger partial charge in [-0.15, -0.1) is 0 Å². The molecule has 2 atom stereocenters. The van der Waals surface area contributed by atoms with Gasteiger partial charge in [-0.2, -0.15) is 0 Å². The number of nitrogens with zero attached hydrogens (tertiary/aromatic N) is 1. The zero-order valence-corrected chi connectivity index (χ0v) is 16.0. The van der Waals surface area contributed by atoms with Crippen LogP contribution in [-0.4, -0.2) is 41.9 Å². The molecule has 3 aliphatic heterocycles. The Morgan fingerprint density at radius 1 is 1.07 bits per heavy atom. The molecule has 2 amide bonds. The Morgan fingerprint density at radius 3 is 2.44 bits per heavy atom. The Balaban J connectivity index is 1.10. The van der Waals surface area contributed by atoms with Crippen LogP contribution < -0.4 is 10.6 Å². The largest absolute Gasteiger partial charge is 0.352 e. The van der Waals surface area contributed by atoms with Gasteiger partial charge < -0.3 is 15.4 Å². The number of urea groups is 1. The number of likely N-dealkylation sites (tertiary alicyclic amines) is 1. The highest BCUT2D eigenvalue weighted by atomic mass is 16.5. The van der Waals surface area contributed by atoms with Crippen LogP contribution in [0.4, 0.5) is 4.79 Å². The first-order chi connectivity index (χ1) is 13.2. The van der Waals surface area contributed by atoms with E-state index in [1.807, 2.05) is 0 Å². The van der Waals surface area contributed by atoms with E-state index in [0.29, 0.717) is 6.10 Å². The van der Waals surface area contributed by atoms with Gasteiger partial charge in [-0.25, -0.2) is 4.79 Å². The molecule has 2 unspecified atom stereocenters. The van der Waals surface area contributed by atoms with Crippen LogP contribution in [0.1, 0.15) is 50.5 Å². The number of benzene rings is 1. The van der Waals surface area contributed by atoms with Crippen LogP contribution in [-0.2, 0) is 11.3 Å². The van der Waals surface area contributed by atoms with E-state index < -0.39 is 0 Å². The van der Waals surface area contributed by atoms with E-state index in [2.05, 4.69) is 45.9 Å². The number of hydrogen-bond acceptors (Lipinski definition) is 3. The Hall–Kier alpha value is -1.59. The predicted molar refractivity (Wildman–Crippen MR) is 104 cm³/mol. The molecule has 0 aromatic heterocycles. The van der Waals surface area contributed by atoms with Crippen molar-refractivity contribution in [1.82, 2.24) is 15.5 Å². The predicted octanol–water partition coefficient (Wildman–Crippen LogP) is 3.26. The topological polar surface area (TPSA) is 53.6 Å². The van der Waals surface area contributed by atoms with E-state index in [4.69, 9.17) is 4.74 Å². The quantitative estimate of drug-likeness (QED) is 0.857. The minimum Gasteiger partial charge on any atom is -0.352 e. The van der Waals surface area contributed by atoms with Crippen molar-refractivity contribution in [1.29, 1.82) is 0 Å². The fourth-order valence-corrected chi connectivity index (χ4v) is 6.00. The first-order valence-corrected chi connectivity index (χ1v) is 10.7. The summed E-state index contributed by atoms with van der Waals surface area (Å²) >= 11 is 0. The second-order valence-electron chi connectivity index (χ2n) is 9.22. The van der Waals surface area contributed by atoms with Crippen molar-refractivity contribution in [3.63, 3.8) is 0 Å². The second kappa shape index (κ2) is 7.10. The molecule has 3 heterocycles. The number of amides is 2. The number of carbonyl (C=O) groups is 1. The Labute approximate surface area is 161 Å². The number of rotatable bonds is 4. The lowest BCUT2D eigenvalue weighted by atomic mass is 9.65. The van der Waals surface area contributed by atoms with Crippen molar-refractivity contribution in [2.45, 2.75) is 69.4 Å². The molecule has 0 radical (unpaired) electrons. The third-order valence-corrected chi connectivity index (χ3v) is 7.00. The summed E-state index contributed by atoms with van der Waals surface area (Å²) in [6, 6.07) is 10.9. The van der Waals surface area contributed by atoms with Crippen molar-refractivity contribution in [3.8, 4) is 0 Å². The highest BCUT2D eigenvalue weighted by Gasteiger charge is 2.52. The van der Waals surface area contributed by atoms with Gasteiger partial charge >= 0.3 is 6.03 Å². The minimum atomic E-state index is -0.382. The molecule has 6 rings (SSSR count). The number of hydrogen-bond donors (Lipinski definition) is 2. The molecule has 5 aliphatic rings. The van der Waals surface area contributed by atoms with Gasteiger partial charge in [-0.3, -0.25) is 4.90 Å². The monoisotopic (exact) mass is 369 g/mol. The summed E-state index contributed by atoms with van der Waals surface area (Å²) in [7, 11) is 0. The molecule has 0 spiro atoms. The van der Waals surface area contributed by atoms with Gasteiger partial charge in [0.1, 0.15) is 5.72 Å². The van der Waals surface area contributed by atoms with Gasteiger partial charge in [-0.1, -0.05) is 30.3 Å². The molecule has 27 heavy (non-hydrogen) atoms. The minimum absolute atomic E-state index is 0.0292. The fraction of sp³-hybridized carbons (Fsp3) is 0.682. The summed E-state index contributed by atoms with van der Waals surface area (Å²) in [4.78, 5) is 15.1. The van der Waals surface area contributed by atoms with Gasteiger partial charge in [0.15, 0.2) is 0 Å². The molecular formula is C22H31N3O2. The summed E-state index contributed by atoms with van der Waals surface area (Å²) in [6.45, 7) is 3.07. The van der Waals surface area contributed by atoms with E-state index in [1.54, 1.807) is 0 Å². The van der Waals surface area contributed by atoms with Crippen LogP contribution in [0, 0.1) is 11.8 Å². The summed E-state index contributed by atoms with van der Waals surface area (Å²) in [5, 5.41) is 6.46. The fourth-order valence-electron chi connectivity index (χ4n) is 6.00. The zero-order chi connectivity index (χ0) is 18.3. The molecule has 1 aromatic rings. The maximum atomic E-state index is 12.7. The van der Waals surface area contributed by atoms with Gasteiger partial charge in [0.2, 0.25) is 0 Å². The SMILES string of the molecule is O=C(NC1CCN(Cc2ccccc2)CC1)NC12CC3CC(CC(C3)O1)C2. The molecule has 5 nitrogen and oxygen atoms in total. The maximum absolute atomic E-state index is 12.7. The average molecular weight is 370 g/mol. The third-order valence-electron chi connectivity index (χ3n) is 7.00.